The minimum atomic E-state index is 0.228. The Bertz CT molecular complexity index is 211. The van der Waals surface area contributed by atoms with Crippen LogP contribution in [-0.4, -0.2) is 36.5 Å². The molecule has 0 radical (unpaired) electrons. The molecule has 2 unspecified atom stereocenters. The largest absolute Gasteiger partial charge is 0.356 e. The van der Waals surface area contributed by atoms with Crippen LogP contribution >= 0.6 is 11.8 Å². The van der Waals surface area contributed by atoms with E-state index >= 15 is 0 Å². The zero-order valence-electron chi connectivity index (χ0n) is 9.13. The van der Waals surface area contributed by atoms with Crippen molar-refractivity contribution in [3.63, 3.8) is 0 Å². The molecular weight excluding hydrogens is 208 g/mol. The summed E-state index contributed by atoms with van der Waals surface area (Å²) in [7, 11) is 0. The van der Waals surface area contributed by atoms with Gasteiger partial charge in [0.25, 0.3) is 0 Å². The fourth-order valence-electron chi connectivity index (χ4n) is 2.23. The molecule has 1 amide bonds. The molecule has 15 heavy (non-hydrogen) atoms. The van der Waals surface area contributed by atoms with Crippen molar-refractivity contribution in [1.82, 2.24) is 10.6 Å². The van der Waals surface area contributed by atoms with Crippen LogP contribution < -0.4 is 10.6 Å². The molecule has 2 heterocycles. The SMILES string of the molecule is O=C(CC1CCCN1)NCC1CCSC1. The van der Waals surface area contributed by atoms with Gasteiger partial charge in [0.15, 0.2) is 0 Å². The highest BCUT2D eigenvalue weighted by molar-refractivity contribution is 7.99. The van der Waals surface area contributed by atoms with Gasteiger partial charge in [-0.3, -0.25) is 4.79 Å². The third kappa shape index (κ3) is 3.68. The molecule has 2 fully saturated rings. The third-order valence-electron chi connectivity index (χ3n) is 3.21. The smallest absolute Gasteiger partial charge is 0.221 e. The van der Waals surface area contributed by atoms with Crippen LogP contribution in [0.2, 0.25) is 0 Å². The van der Waals surface area contributed by atoms with Gasteiger partial charge in [-0.2, -0.15) is 11.8 Å². The first-order valence-corrected chi connectivity index (χ1v) is 7.08. The normalized spacial score (nSPS) is 30.7. The molecule has 0 saturated carbocycles. The fourth-order valence-corrected chi connectivity index (χ4v) is 3.51. The van der Waals surface area contributed by atoms with E-state index in [0.29, 0.717) is 12.5 Å². The van der Waals surface area contributed by atoms with Crippen LogP contribution in [0.1, 0.15) is 25.7 Å². The minimum Gasteiger partial charge on any atom is -0.356 e. The predicted molar refractivity (Wildman–Crippen MR) is 64.1 cm³/mol. The first-order valence-electron chi connectivity index (χ1n) is 5.92. The average molecular weight is 228 g/mol. The lowest BCUT2D eigenvalue weighted by Gasteiger charge is -2.12. The van der Waals surface area contributed by atoms with E-state index in [1.54, 1.807) is 0 Å². The summed E-state index contributed by atoms with van der Waals surface area (Å²) in [6, 6.07) is 0.433. The second kappa shape index (κ2) is 5.75. The lowest BCUT2D eigenvalue weighted by Crippen LogP contribution is -2.34. The highest BCUT2D eigenvalue weighted by atomic mass is 32.2. The topological polar surface area (TPSA) is 41.1 Å². The van der Waals surface area contributed by atoms with Crippen molar-refractivity contribution < 1.29 is 4.79 Å². The highest BCUT2D eigenvalue weighted by Crippen LogP contribution is 2.22. The van der Waals surface area contributed by atoms with Crippen molar-refractivity contribution >= 4 is 17.7 Å². The number of hydrogen-bond acceptors (Lipinski definition) is 3. The van der Waals surface area contributed by atoms with E-state index in [-0.39, 0.29) is 5.91 Å². The zero-order valence-corrected chi connectivity index (χ0v) is 9.94. The van der Waals surface area contributed by atoms with Gasteiger partial charge in [0.05, 0.1) is 0 Å². The van der Waals surface area contributed by atoms with E-state index in [1.807, 2.05) is 11.8 Å². The lowest BCUT2D eigenvalue weighted by atomic mass is 10.1. The van der Waals surface area contributed by atoms with E-state index in [0.717, 1.165) is 25.4 Å². The second-order valence-corrected chi connectivity index (χ2v) is 5.68. The number of thioether (sulfide) groups is 1. The Morgan fingerprint density at radius 2 is 2.40 bits per heavy atom. The summed E-state index contributed by atoms with van der Waals surface area (Å²) in [6.07, 6.45) is 4.32. The van der Waals surface area contributed by atoms with Crippen LogP contribution in [0.4, 0.5) is 0 Å². The Kier molecular flexibility index (Phi) is 4.32. The molecule has 0 aromatic carbocycles. The van der Waals surface area contributed by atoms with Crippen molar-refractivity contribution in [1.29, 1.82) is 0 Å². The summed E-state index contributed by atoms with van der Waals surface area (Å²) < 4.78 is 0. The molecular formula is C11H20N2OS. The molecule has 2 aliphatic rings. The molecule has 2 aliphatic heterocycles. The number of hydrogen-bond donors (Lipinski definition) is 2. The molecule has 4 heteroatoms. The van der Waals surface area contributed by atoms with Crippen LogP contribution in [-0.2, 0) is 4.79 Å². The minimum absolute atomic E-state index is 0.228. The van der Waals surface area contributed by atoms with Crippen molar-refractivity contribution in [3.8, 4) is 0 Å². The quantitative estimate of drug-likeness (QED) is 0.754. The molecule has 0 aromatic heterocycles. The number of amides is 1. The first kappa shape index (κ1) is 11.3. The van der Waals surface area contributed by atoms with Gasteiger partial charge in [-0.15, -0.1) is 0 Å². The molecule has 2 N–H and O–H groups in total. The third-order valence-corrected chi connectivity index (χ3v) is 4.44. The van der Waals surface area contributed by atoms with Gasteiger partial charge in [-0.05, 0) is 43.2 Å². The van der Waals surface area contributed by atoms with Gasteiger partial charge in [0, 0.05) is 19.0 Å². The molecule has 0 aromatic rings. The lowest BCUT2D eigenvalue weighted by molar-refractivity contribution is -0.121. The number of carbonyl (C=O) groups excluding carboxylic acids is 1. The van der Waals surface area contributed by atoms with Gasteiger partial charge in [-0.25, -0.2) is 0 Å². The van der Waals surface area contributed by atoms with E-state index in [2.05, 4.69) is 10.6 Å². The van der Waals surface area contributed by atoms with Crippen molar-refractivity contribution in [3.05, 3.63) is 0 Å². The van der Waals surface area contributed by atoms with Crippen molar-refractivity contribution in [2.24, 2.45) is 5.92 Å². The average Bonchev–Trinajstić information content (AvgIpc) is 2.86. The second-order valence-electron chi connectivity index (χ2n) is 4.53. The summed E-state index contributed by atoms with van der Waals surface area (Å²) in [6.45, 7) is 1.97. The molecule has 0 bridgehead atoms. The predicted octanol–water partition coefficient (Wildman–Crippen LogP) is 0.998. The Morgan fingerprint density at radius 1 is 1.47 bits per heavy atom. The van der Waals surface area contributed by atoms with Crippen LogP contribution in [0.15, 0.2) is 0 Å². The maximum Gasteiger partial charge on any atom is 0.221 e. The fraction of sp³-hybridized carbons (Fsp3) is 0.909. The zero-order chi connectivity index (χ0) is 10.5. The van der Waals surface area contributed by atoms with Gasteiger partial charge < -0.3 is 10.6 Å². The number of rotatable bonds is 4. The van der Waals surface area contributed by atoms with E-state index < -0.39 is 0 Å². The molecule has 86 valence electrons. The number of carbonyl (C=O) groups is 1. The summed E-state index contributed by atoms with van der Waals surface area (Å²) in [5.41, 5.74) is 0. The number of nitrogens with one attached hydrogen (secondary N) is 2. The van der Waals surface area contributed by atoms with Gasteiger partial charge in [0.2, 0.25) is 5.91 Å². The van der Waals surface area contributed by atoms with Crippen LogP contribution in [0.3, 0.4) is 0 Å². The summed E-state index contributed by atoms with van der Waals surface area (Å²) in [5, 5.41) is 6.41. The first-order chi connectivity index (χ1) is 7.34. The Hall–Kier alpha value is -0.220. The summed E-state index contributed by atoms with van der Waals surface area (Å²) >= 11 is 2.00. The molecule has 3 nitrogen and oxygen atoms in total. The maximum absolute atomic E-state index is 11.6. The van der Waals surface area contributed by atoms with E-state index in [1.165, 1.54) is 24.3 Å². The van der Waals surface area contributed by atoms with Crippen LogP contribution in [0.5, 0.6) is 0 Å². The molecule has 0 aliphatic carbocycles. The maximum atomic E-state index is 11.6. The summed E-state index contributed by atoms with van der Waals surface area (Å²) in [4.78, 5) is 11.6. The molecule has 2 saturated heterocycles. The molecule has 0 spiro atoms. The van der Waals surface area contributed by atoms with Crippen LogP contribution in [0.25, 0.3) is 0 Å². The van der Waals surface area contributed by atoms with Gasteiger partial charge >= 0.3 is 0 Å². The summed E-state index contributed by atoms with van der Waals surface area (Å²) in [5.74, 6) is 3.44. The van der Waals surface area contributed by atoms with Gasteiger partial charge in [0.1, 0.15) is 0 Å². The standard InChI is InChI=1S/C11H20N2OS/c14-11(6-10-2-1-4-12-10)13-7-9-3-5-15-8-9/h9-10,12H,1-8H2,(H,13,14). The molecule has 2 rings (SSSR count). The van der Waals surface area contributed by atoms with E-state index in [9.17, 15) is 4.79 Å². The Labute approximate surface area is 95.8 Å². The van der Waals surface area contributed by atoms with Crippen molar-refractivity contribution in [2.45, 2.75) is 31.7 Å². The Balaban J connectivity index is 1.59. The van der Waals surface area contributed by atoms with Crippen molar-refractivity contribution in [2.75, 3.05) is 24.6 Å². The highest BCUT2D eigenvalue weighted by Gasteiger charge is 2.19. The molecule has 2 atom stereocenters. The Morgan fingerprint density at radius 3 is 3.07 bits per heavy atom. The van der Waals surface area contributed by atoms with E-state index in [4.69, 9.17) is 0 Å². The van der Waals surface area contributed by atoms with Gasteiger partial charge in [-0.1, -0.05) is 0 Å². The monoisotopic (exact) mass is 228 g/mol. The van der Waals surface area contributed by atoms with Crippen LogP contribution in [0, 0.1) is 5.92 Å².